The van der Waals surface area contributed by atoms with Crippen LogP contribution >= 0.6 is 11.3 Å². The van der Waals surface area contributed by atoms with E-state index in [0.29, 0.717) is 11.3 Å². The van der Waals surface area contributed by atoms with Crippen LogP contribution in [-0.2, 0) is 9.59 Å². The summed E-state index contributed by atoms with van der Waals surface area (Å²) in [6.45, 7) is 3.68. The van der Waals surface area contributed by atoms with Crippen molar-refractivity contribution in [3.05, 3.63) is 58.4 Å². The second kappa shape index (κ2) is 5.77. The molecule has 0 fully saturated rings. The molecule has 0 saturated heterocycles. The summed E-state index contributed by atoms with van der Waals surface area (Å²) >= 11 is 1.46. The van der Waals surface area contributed by atoms with Gasteiger partial charge in [0.1, 0.15) is 5.70 Å². The van der Waals surface area contributed by atoms with Gasteiger partial charge in [0.25, 0.3) is 11.8 Å². The lowest BCUT2D eigenvalue weighted by Crippen LogP contribution is -2.38. The molecule has 0 bridgehead atoms. The van der Waals surface area contributed by atoms with Crippen molar-refractivity contribution in [2.24, 2.45) is 0 Å². The normalized spacial score (nSPS) is 15.1. The third kappa shape index (κ3) is 2.44. The van der Waals surface area contributed by atoms with E-state index < -0.39 is 0 Å². The summed E-state index contributed by atoms with van der Waals surface area (Å²) in [4.78, 5) is 27.4. The van der Waals surface area contributed by atoms with Crippen LogP contribution in [0.5, 0.6) is 0 Å². The Bertz CT molecular complexity index is 733. The summed E-state index contributed by atoms with van der Waals surface area (Å²) in [7, 11) is 0. The maximum atomic E-state index is 12.7. The molecule has 0 unspecified atom stereocenters. The number of imide groups is 1. The van der Waals surface area contributed by atoms with Crippen molar-refractivity contribution >= 4 is 34.4 Å². The Morgan fingerprint density at radius 2 is 1.73 bits per heavy atom. The quantitative estimate of drug-likeness (QED) is 0.881. The SMILES string of the molecule is CC(C)N1C(=O)C(Nc2ccccc2)=C(c2cccs2)C1=O. The number of hydrogen-bond acceptors (Lipinski definition) is 4. The van der Waals surface area contributed by atoms with Gasteiger partial charge in [0.05, 0.1) is 5.57 Å². The van der Waals surface area contributed by atoms with Crippen LogP contribution in [0.2, 0.25) is 0 Å². The molecule has 2 heterocycles. The summed E-state index contributed by atoms with van der Waals surface area (Å²) in [5.74, 6) is -0.506. The van der Waals surface area contributed by atoms with Crippen molar-refractivity contribution in [3.63, 3.8) is 0 Å². The first-order valence-electron chi connectivity index (χ1n) is 7.07. The summed E-state index contributed by atoms with van der Waals surface area (Å²) < 4.78 is 0. The maximum Gasteiger partial charge on any atom is 0.278 e. The predicted octanol–water partition coefficient (Wildman–Crippen LogP) is 3.35. The van der Waals surface area contributed by atoms with Crippen molar-refractivity contribution < 1.29 is 9.59 Å². The molecule has 112 valence electrons. The largest absolute Gasteiger partial charge is 0.350 e. The van der Waals surface area contributed by atoms with Gasteiger partial charge in [0, 0.05) is 16.6 Å². The van der Waals surface area contributed by atoms with Crippen LogP contribution in [0.15, 0.2) is 53.5 Å². The van der Waals surface area contributed by atoms with E-state index in [1.54, 1.807) is 0 Å². The van der Waals surface area contributed by atoms with Crippen LogP contribution in [0.1, 0.15) is 18.7 Å². The first-order chi connectivity index (χ1) is 10.6. The number of rotatable bonds is 4. The number of para-hydroxylation sites is 1. The highest BCUT2D eigenvalue weighted by Crippen LogP contribution is 2.33. The summed E-state index contributed by atoms with van der Waals surface area (Å²) in [5.41, 5.74) is 1.60. The average Bonchev–Trinajstić information content (AvgIpc) is 3.08. The predicted molar refractivity (Wildman–Crippen MR) is 88.3 cm³/mol. The number of carbonyl (C=O) groups is 2. The van der Waals surface area contributed by atoms with E-state index in [2.05, 4.69) is 5.32 Å². The maximum absolute atomic E-state index is 12.7. The molecule has 0 saturated carbocycles. The Balaban J connectivity index is 2.07. The molecule has 0 radical (unpaired) electrons. The molecule has 1 aromatic carbocycles. The fraction of sp³-hybridized carbons (Fsp3) is 0.176. The van der Waals surface area contributed by atoms with Crippen LogP contribution < -0.4 is 5.32 Å². The number of nitrogens with zero attached hydrogens (tertiary/aromatic N) is 1. The molecule has 2 aromatic rings. The molecular formula is C17H16N2O2S. The molecule has 1 aromatic heterocycles. The van der Waals surface area contributed by atoms with Crippen LogP contribution in [0.4, 0.5) is 5.69 Å². The number of anilines is 1. The van der Waals surface area contributed by atoms with Crippen molar-refractivity contribution in [2.75, 3.05) is 5.32 Å². The molecule has 1 N–H and O–H groups in total. The standard InChI is InChI=1S/C17H16N2O2S/c1-11(2)19-16(20)14(13-9-6-10-22-13)15(17(19)21)18-12-7-4-3-5-8-12/h3-11,18H,1-2H3. The molecule has 2 amide bonds. The van der Waals surface area contributed by atoms with Crippen LogP contribution in [0.3, 0.4) is 0 Å². The van der Waals surface area contributed by atoms with Gasteiger partial charge in [-0.05, 0) is 37.4 Å². The second-order valence-corrected chi connectivity index (χ2v) is 6.24. The first kappa shape index (κ1) is 14.5. The minimum absolute atomic E-state index is 0.176. The monoisotopic (exact) mass is 312 g/mol. The minimum Gasteiger partial charge on any atom is -0.350 e. The van der Waals surface area contributed by atoms with Gasteiger partial charge in [0.15, 0.2) is 0 Å². The Labute approximate surface area is 133 Å². The molecule has 4 nitrogen and oxygen atoms in total. The zero-order valence-electron chi connectivity index (χ0n) is 12.4. The lowest BCUT2D eigenvalue weighted by atomic mass is 10.2. The third-order valence-electron chi connectivity index (χ3n) is 3.44. The number of amides is 2. The number of hydrogen-bond donors (Lipinski definition) is 1. The van der Waals surface area contributed by atoms with Crippen molar-refractivity contribution in [1.82, 2.24) is 4.90 Å². The van der Waals surface area contributed by atoms with Gasteiger partial charge in [-0.3, -0.25) is 14.5 Å². The molecule has 1 aliphatic rings. The Morgan fingerprint density at radius 1 is 1.00 bits per heavy atom. The van der Waals surface area contributed by atoms with Gasteiger partial charge in [-0.1, -0.05) is 24.3 Å². The molecule has 3 rings (SSSR count). The smallest absolute Gasteiger partial charge is 0.278 e. The molecule has 0 aliphatic carbocycles. The van der Waals surface area contributed by atoms with Crippen LogP contribution in [0, 0.1) is 0 Å². The second-order valence-electron chi connectivity index (χ2n) is 5.29. The van der Waals surface area contributed by atoms with E-state index >= 15 is 0 Å². The van der Waals surface area contributed by atoms with Crippen molar-refractivity contribution in [3.8, 4) is 0 Å². The number of nitrogens with one attached hydrogen (secondary N) is 1. The highest BCUT2D eigenvalue weighted by atomic mass is 32.1. The van der Waals surface area contributed by atoms with Gasteiger partial charge >= 0.3 is 0 Å². The Hall–Kier alpha value is -2.40. The molecule has 0 atom stereocenters. The molecule has 5 heteroatoms. The molecule has 22 heavy (non-hydrogen) atoms. The topological polar surface area (TPSA) is 49.4 Å². The zero-order chi connectivity index (χ0) is 15.7. The first-order valence-corrected chi connectivity index (χ1v) is 7.95. The van der Waals surface area contributed by atoms with Gasteiger partial charge in [-0.15, -0.1) is 11.3 Å². The highest BCUT2D eigenvalue weighted by molar-refractivity contribution is 7.11. The van der Waals surface area contributed by atoms with E-state index in [-0.39, 0.29) is 17.9 Å². The lowest BCUT2D eigenvalue weighted by molar-refractivity contribution is -0.138. The van der Waals surface area contributed by atoms with Gasteiger partial charge in [0.2, 0.25) is 0 Å². The van der Waals surface area contributed by atoms with Gasteiger partial charge in [-0.25, -0.2) is 0 Å². The van der Waals surface area contributed by atoms with Gasteiger partial charge < -0.3 is 5.32 Å². The van der Waals surface area contributed by atoms with Gasteiger partial charge in [-0.2, -0.15) is 0 Å². The molecular weight excluding hydrogens is 296 g/mol. The van der Waals surface area contributed by atoms with E-state index in [9.17, 15) is 9.59 Å². The van der Waals surface area contributed by atoms with E-state index in [4.69, 9.17) is 0 Å². The average molecular weight is 312 g/mol. The Kier molecular flexibility index (Phi) is 3.81. The fourth-order valence-corrected chi connectivity index (χ4v) is 3.22. The number of thiophene rings is 1. The summed E-state index contributed by atoms with van der Waals surface area (Å²) in [6.07, 6.45) is 0. The fourth-order valence-electron chi connectivity index (χ4n) is 2.45. The highest BCUT2D eigenvalue weighted by Gasteiger charge is 2.40. The number of benzene rings is 1. The Morgan fingerprint density at radius 3 is 2.32 bits per heavy atom. The number of carbonyl (C=O) groups excluding carboxylic acids is 2. The van der Waals surface area contributed by atoms with Crippen molar-refractivity contribution in [1.29, 1.82) is 0 Å². The summed E-state index contributed by atoms with van der Waals surface area (Å²) in [5, 5.41) is 5.02. The summed E-state index contributed by atoms with van der Waals surface area (Å²) in [6, 6.07) is 13.0. The minimum atomic E-state index is -0.271. The zero-order valence-corrected chi connectivity index (χ0v) is 13.2. The lowest BCUT2D eigenvalue weighted by Gasteiger charge is -2.19. The van der Waals surface area contributed by atoms with E-state index in [1.165, 1.54) is 16.2 Å². The molecule has 1 aliphatic heterocycles. The van der Waals surface area contributed by atoms with E-state index in [0.717, 1.165) is 10.6 Å². The molecule has 0 spiro atoms. The van der Waals surface area contributed by atoms with Crippen LogP contribution in [-0.4, -0.2) is 22.8 Å². The van der Waals surface area contributed by atoms with E-state index in [1.807, 2.05) is 61.7 Å². The van der Waals surface area contributed by atoms with Crippen LogP contribution in [0.25, 0.3) is 5.57 Å². The third-order valence-corrected chi connectivity index (χ3v) is 4.33. The van der Waals surface area contributed by atoms with Crippen molar-refractivity contribution in [2.45, 2.75) is 19.9 Å².